The highest BCUT2D eigenvalue weighted by Gasteiger charge is 2.19. The number of hydrogen-bond acceptors (Lipinski definition) is 6. The number of urea groups is 1. The van der Waals surface area contributed by atoms with Crippen molar-refractivity contribution in [1.82, 2.24) is 15.0 Å². The Morgan fingerprint density at radius 3 is 2.54 bits per heavy atom. The fourth-order valence-electron chi connectivity index (χ4n) is 2.67. The van der Waals surface area contributed by atoms with Crippen molar-refractivity contribution in [2.75, 3.05) is 12.1 Å². The maximum atomic E-state index is 12.1. The number of ether oxygens (including phenoxy) is 1. The van der Waals surface area contributed by atoms with Crippen LogP contribution in [0.5, 0.6) is 5.88 Å². The van der Waals surface area contributed by atoms with Crippen LogP contribution >= 0.6 is 0 Å². The first-order chi connectivity index (χ1) is 13.5. The Hall–Kier alpha value is -3.49. The Bertz CT molecular complexity index is 962. The van der Waals surface area contributed by atoms with Crippen LogP contribution in [0.25, 0.3) is 11.4 Å². The quantitative estimate of drug-likeness (QED) is 0.401. The summed E-state index contributed by atoms with van der Waals surface area (Å²) in [6.45, 7) is 2.10. The third kappa shape index (κ3) is 4.25. The molecule has 0 aliphatic heterocycles. The average molecular weight is 378 g/mol. The normalized spacial score (nSPS) is 10.4. The van der Waals surface area contributed by atoms with Gasteiger partial charge in [0.25, 0.3) is 0 Å². The summed E-state index contributed by atoms with van der Waals surface area (Å²) in [5.74, 6) is 12.5. The zero-order chi connectivity index (χ0) is 20.1. The number of amides is 2. The first kappa shape index (κ1) is 19.3. The van der Waals surface area contributed by atoms with Crippen LogP contribution in [0.1, 0.15) is 11.1 Å². The molecule has 0 aliphatic rings. The van der Waals surface area contributed by atoms with Crippen LogP contribution in [0, 0.1) is 6.92 Å². The molecule has 3 aromatic rings. The van der Waals surface area contributed by atoms with Crippen LogP contribution in [0.3, 0.4) is 0 Å². The van der Waals surface area contributed by atoms with Gasteiger partial charge in [-0.1, -0.05) is 42.5 Å². The van der Waals surface area contributed by atoms with Crippen LogP contribution in [0.15, 0.2) is 60.8 Å². The number of carbonyl (C=O) groups is 1. The van der Waals surface area contributed by atoms with Crippen molar-refractivity contribution >= 4 is 11.7 Å². The minimum atomic E-state index is -0.541. The van der Waals surface area contributed by atoms with E-state index in [1.165, 1.54) is 7.05 Å². The van der Waals surface area contributed by atoms with Crippen molar-refractivity contribution in [3.8, 4) is 17.3 Å². The zero-order valence-electron chi connectivity index (χ0n) is 15.7. The van der Waals surface area contributed by atoms with Crippen LogP contribution < -0.4 is 21.4 Å². The zero-order valence-corrected chi connectivity index (χ0v) is 15.7. The van der Waals surface area contributed by atoms with Gasteiger partial charge >= 0.3 is 6.03 Å². The Morgan fingerprint density at radius 2 is 1.82 bits per heavy atom. The third-order valence-electron chi connectivity index (χ3n) is 4.18. The molecule has 144 valence electrons. The highest BCUT2D eigenvalue weighted by molar-refractivity contribution is 5.91. The molecule has 1 heterocycles. The molecule has 0 fully saturated rings. The van der Waals surface area contributed by atoms with Crippen molar-refractivity contribution in [3.63, 3.8) is 0 Å². The molecular formula is C20H22N6O2. The number of aryl methyl sites for hydroxylation is 1. The molecule has 0 aliphatic carbocycles. The van der Waals surface area contributed by atoms with Gasteiger partial charge in [0.2, 0.25) is 5.88 Å². The number of carbonyl (C=O) groups excluding carboxylic acids is 1. The molecule has 0 unspecified atom stereocenters. The lowest BCUT2D eigenvalue weighted by atomic mass is 10.1. The topological polar surface area (TPSA) is 111 Å². The summed E-state index contributed by atoms with van der Waals surface area (Å²) in [6, 6.07) is 16.3. The average Bonchev–Trinajstić information content (AvgIpc) is 2.72. The van der Waals surface area contributed by atoms with E-state index < -0.39 is 6.03 Å². The van der Waals surface area contributed by atoms with Gasteiger partial charge in [0.15, 0.2) is 5.82 Å². The van der Waals surface area contributed by atoms with E-state index in [-0.39, 0.29) is 6.61 Å². The van der Waals surface area contributed by atoms with Gasteiger partial charge in [-0.15, -0.1) is 0 Å². The van der Waals surface area contributed by atoms with E-state index in [0.717, 1.165) is 26.7 Å². The molecule has 0 saturated heterocycles. The molecule has 0 saturated carbocycles. The van der Waals surface area contributed by atoms with E-state index in [1.807, 2.05) is 49.4 Å². The lowest BCUT2D eigenvalue weighted by molar-refractivity contribution is 0.216. The first-order valence-corrected chi connectivity index (χ1v) is 8.64. The summed E-state index contributed by atoms with van der Waals surface area (Å²) in [6.07, 6.45) is 1.64. The molecule has 2 amide bonds. The maximum absolute atomic E-state index is 12.1. The predicted molar refractivity (Wildman–Crippen MR) is 107 cm³/mol. The number of hydrogen-bond donors (Lipinski definition) is 2. The number of anilines is 1. The molecule has 28 heavy (non-hydrogen) atoms. The number of nitrogens with two attached hydrogens (primary N) is 2. The van der Waals surface area contributed by atoms with Crippen molar-refractivity contribution in [2.45, 2.75) is 13.5 Å². The van der Waals surface area contributed by atoms with Gasteiger partial charge in [0, 0.05) is 30.4 Å². The highest BCUT2D eigenvalue weighted by atomic mass is 16.5. The van der Waals surface area contributed by atoms with E-state index in [4.69, 9.17) is 16.4 Å². The largest absolute Gasteiger partial charge is 0.473 e. The number of hydrazine groups is 2. The minimum absolute atomic E-state index is 0.183. The van der Waals surface area contributed by atoms with E-state index >= 15 is 0 Å². The van der Waals surface area contributed by atoms with Gasteiger partial charge in [-0.05, 0) is 18.6 Å². The maximum Gasteiger partial charge on any atom is 0.352 e. The van der Waals surface area contributed by atoms with Gasteiger partial charge in [-0.2, -0.15) is 4.98 Å². The molecule has 0 radical (unpaired) electrons. The molecule has 0 bridgehead atoms. The fourth-order valence-corrected chi connectivity index (χ4v) is 2.67. The lowest BCUT2D eigenvalue weighted by Crippen LogP contribution is -2.49. The second-order valence-electron chi connectivity index (χ2n) is 6.21. The summed E-state index contributed by atoms with van der Waals surface area (Å²) in [4.78, 5) is 20.9. The second kappa shape index (κ2) is 8.47. The Balaban J connectivity index is 1.83. The van der Waals surface area contributed by atoms with Crippen LogP contribution in [-0.4, -0.2) is 28.1 Å². The van der Waals surface area contributed by atoms with Crippen molar-refractivity contribution in [2.24, 2.45) is 11.7 Å². The third-order valence-corrected chi connectivity index (χ3v) is 4.18. The molecule has 8 heteroatoms. The predicted octanol–water partition coefficient (Wildman–Crippen LogP) is 2.64. The molecule has 0 spiro atoms. The Morgan fingerprint density at radius 1 is 1.07 bits per heavy atom. The summed E-state index contributed by atoms with van der Waals surface area (Å²) in [5, 5.41) is 1.92. The molecule has 8 nitrogen and oxygen atoms in total. The molecule has 0 atom stereocenters. The minimum Gasteiger partial charge on any atom is -0.473 e. The summed E-state index contributed by atoms with van der Waals surface area (Å²) in [7, 11) is 1.43. The molecule has 2 aromatic carbocycles. The monoisotopic (exact) mass is 378 g/mol. The molecule has 3 rings (SSSR count). The van der Waals surface area contributed by atoms with Crippen LogP contribution in [0.2, 0.25) is 0 Å². The van der Waals surface area contributed by atoms with Gasteiger partial charge in [0.05, 0.1) is 5.69 Å². The number of rotatable bonds is 5. The molecular weight excluding hydrogens is 356 g/mol. The lowest BCUT2D eigenvalue weighted by Gasteiger charge is -2.24. The molecule has 1 aromatic heterocycles. The fraction of sp³-hybridized carbons (Fsp3) is 0.150. The summed E-state index contributed by atoms with van der Waals surface area (Å²) in [5.41, 5.74) is 3.10. The standard InChI is InChI=1S/C20H22N6O2/c1-14-7-6-10-17(26(22)20(27)25(2)21)16(14)13-28-18-11-12-23-19(24-18)15-8-4-3-5-9-15/h3-12H,13,21-22H2,1-2H3. The summed E-state index contributed by atoms with van der Waals surface area (Å²) < 4.78 is 5.88. The van der Waals surface area contributed by atoms with Gasteiger partial charge in [0.1, 0.15) is 6.61 Å². The Labute approximate surface area is 163 Å². The summed E-state index contributed by atoms with van der Waals surface area (Å²) >= 11 is 0. The number of aromatic nitrogens is 2. The SMILES string of the molecule is Cc1cccc(N(N)C(=O)N(C)N)c1COc1ccnc(-c2ccccc2)n1. The number of benzene rings is 2. The number of nitrogens with zero attached hydrogens (tertiary/aromatic N) is 4. The van der Waals surface area contributed by atoms with E-state index in [9.17, 15) is 4.79 Å². The Kier molecular flexibility index (Phi) is 5.83. The van der Waals surface area contributed by atoms with E-state index in [2.05, 4.69) is 9.97 Å². The van der Waals surface area contributed by atoms with Gasteiger partial charge in [-0.3, -0.25) is 5.01 Å². The van der Waals surface area contributed by atoms with Gasteiger partial charge in [-0.25, -0.2) is 26.5 Å². The van der Waals surface area contributed by atoms with Crippen LogP contribution in [0.4, 0.5) is 10.5 Å². The van der Waals surface area contributed by atoms with Gasteiger partial charge < -0.3 is 4.74 Å². The van der Waals surface area contributed by atoms with Crippen molar-refractivity contribution in [1.29, 1.82) is 0 Å². The second-order valence-corrected chi connectivity index (χ2v) is 6.21. The van der Waals surface area contributed by atoms with Crippen LogP contribution in [-0.2, 0) is 6.61 Å². The van der Waals surface area contributed by atoms with E-state index in [0.29, 0.717) is 17.4 Å². The first-order valence-electron chi connectivity index (χ1n) is 8.64. The van der Waals surface area contributed by atoms with Crippen molar-refractivity contribution in [3.05, 3.63) is 71.9 Å². The molecule has 4 N–H and O–H groups in total. The smallest absolute Gasteiger partial charge is 0.352 e. The highest BCUT2D eigenvalue weighted by Crippen LogP contribution is 2.25. The van der Waals surface area contributed by atoms with Crippen molar-refractivity contribution < 1.29 is 9.53 Å². The van der Waals surface area contributed by atoms with E-state index in [1.54, 1.807) is 18.3 Å².